The van der Waals surface area contributed by atoms with E-state index in [0.29, 0.717) is 34.6 Å². The maximum absolute atomic E-state index is 14.5. The van der Waals surface area contributed by atoms with E-state index in [2.05, 4.69) is 15.3 Å². The Hall–Kier alpha value is -3.32. The minimum absolute atomic E-state index is 0.197. The number of hydroxylamine groups is 1. The molecule has 2 aromatic carbocycles. The highest BCUT2D eigenvalue weighted by Crippen LogP contribution is 2.40. The molecule has 1 aromatic heterocycles. The lowest BCUT2D eigenvalue weighted by molar-refractivity contribution is -0.120. The van der Waals surface area contributed by atoms with Crippen molar-refractivity contribution in [1.29, 1.82) is 0 Å². The van der Waals surface area contributed by atoms with Crippen LogP contribution in [0.15, 0.2) is 53.6 Å². The molecule has 0 bridgehead atoms. The second-order valence-electron chi connectivity index (χ2n) is 8.83. The zero-order valence-electron chi connectivity index (χ0n) is 19.6. The molecule has 1 saturated carbocycles. The predicted octanol–water partition coefficient (Wildman–Crippen LogP) is 3.78. The lowest BCUT2D eigenvalue weighted by Gasteiger charge is -2.38. The quantitative estimate of drug-likeness (QED) is 0.362. The summed E-state index contributed by atoms with van der Waals surface area (Å²) in [7, 11) is 3.05. The van der Waals surface area contributed by atoms with Gasteiger partial charge in [0.25, 0.3) is 5.91 Å². The number of nitrogens with zero attached hydrogens (tertiary/aromatic N) is 5. The van der Waals surface area contributed by atoms with E-state index in [1.165, 1.54) is 29.1 Å². The van der Waals surface area contributed by atoms with Gasteiger partial charge in [-0.15, -0.1) is 0 Å². The Balaban J connectivity index is 1.37. The van der Waals surface area contributed by atoms with Crippen LogP contribution in [0.3, 0.4) is 0 Å². The molecule has 188 valence electrons. The maximum Gasteiger partial charge on any atom is 0.254 e. The van der Waals surface area contributed by atoms with Crippen molar-refractivity contribution >= 4 is 40.4 Å². The van der Waals surface area contributed by atoms with E-state index in [1.54, 1.807) is 31.3 Å². The third kappa shape index (κ3) is 4.60. The fourth-order valence-corrected chi connectivity index (χ4v) is 5.05. The molecule has 1 aliphatic carbocycles. The number of likely N-dealkylation sites (N-methyl/N-ethyl adjacent to an activating group) is 2. The molecule has 36 heavy (non-hydrogen) atoms. The van der Waals surface area contributed by atoms with Crippen LogP contribution in [0.5, 0.6) is 0 Å². The zero-order valence-corrected chi connectivity index (χ0v) is 20.4. The number of benzene rings is 2. The number of fused-ring (bicyclic) bond motifs is 1. The summed E-state index contributed by atoms with van der Waals surface area (Å²) in [6.07, 6.45) is 3.53. The summed E-state index contributed by atoms with van der Waals surface area (Å²) in [5, 5.41) is 13.1. The summed E-state index contributed by atoms with van der Waals surface area (Å²) < 4.78 is 42.4. The second-order valence-corrected chi connectivity index (χ2v) is 10.2. The molecule has 0 radical (unpaired) electrons. The Morgan fingerprint density at radius 2 is 1.83 bits per heavy atom. The Kier molecular flexibility index (Phi) is 6.51. The predicted molar refractivity (Wildman–Crippen MR) is 130 cm³/mol. The van der Waals surface area contributed by atoms with Crippen LogP contribution in [0.1, 0.15) is 24.4 Å². The van der Waals surface area contributed by atoms with Crippen LogP contribution in [-0.4, -0.2) is 50.7 Å². The molecule has 3 aromatic rings. The van der Waals surface area contributed by atoms with Gasteiger partial charge in [0.1, 0.15) is 34.7 Å². The molecular formula is C24H24F2N6O3S. The van der Waals surface area contributed by atoms with Crippen LogP contribution >= 0.6 is 0 Å². The number of carbonyl (C=O) groups excluding carboxylic acids is 1. The smallest absolute Gasteiger partial charge is 0.254 e. The summed E-state index contributed by atoms with van der Waals surface area (Å²) in [4.78, 5) is 24.9. The normalized spacial score (nSPS) is 18.4. The van der Waals surface area contributed by atoms with Gasteiger partial charge in [0.05, 0.1) is 18.3 Å². The molecule has 2 atom stereocenters. The maximum atomic E-state index is 14.5. The topological polar surface area (TPSA) is 108 Å². The van der Waals surface area contributed by atoms with E-state index in [4.69, 9.17) is 0 Å². The van der Waals surface area contributed by atoms with Crippen LogP contribution in [0.25, 0.3) is 0 Å². The fourth-order valence-electron chi connectivity index (χ4n) is 4.10. The van der Waals surface area contributed by atoms with Crippen molar-refractivity contribution in [2.24, 2.45) is 5.92 Å². The van der Waals surface area contributed by atoms with Crippen LogP contribution in [-0.2, 0) is 16.2 Å². The molecule has 1 amide bonds. The average Bonchev–Trinajstić information content (AvgIpc) is 3.68. The van der Waals surface area contributed by atoms with Gasteiger partial charge in [0.2, 0.25) is 5.95 Å². The van der Waals surface area contributed by atoms with Crippen molar-refractivity contribution in [3.8, 4) is 0 Å². The largest absolute Gasteiger partial charge is 0.591 e. The number of rotatable bonds is 7. The van der Waals surface area contributed by atoms with E-state index in [-0.39, 0.29) is 11.5 Å². The molecule has 0 saturated heterocycles. The van der Waals surface area contributed by atoms with E-state index in [9.17, 15) is 23.3 Å². The average molecular weight is 515 g/mol. The highest BCUT2D eigenvalue weighted by atomic mass is 32.2. The van der Waals surface area contributed by atoms with Crippen LogP contribution < -0.4 is 15.1 Å². The number of amides is 1. The molecule has 2 unspecified atom stereocenters. The number of nitrogens with one attached hydrogen (secondary N) is 1. The number of hydrogen-bond donors (Lipinski definition) is 2. The van der Waals surface area contributed by atoms with Gasteiger partial charge in [-0.2, -0.15) is 4.98 Å². The number of anilines is 4. The van der Waals surface area contributed by atoms with Crippen molar-refractivity contribution in [3.05, 3.63) is 65.9 Å². The van der Waals surface area contributed by atoms with Gasteiger partial charge in [-0.3, -0.25) is 10.0 Å². The molecule has 2 heterocycles. The van der Waals surface area contributed by atoms with Crippen molar-refractivity contribution in [3.63, 3.8) is 0 Å². The van der Waals surface area contributed by atoms with E-state index >= 15 is 0 Å². The summed E-state index contributed by atoms with van der Waals surface area (Å²) >= 11 is -1.68. The number of hydrogen-bond acceptors (Lipinski definition) is 8. The monoisotopic (exact) mass is 514 g/mol. The summed E-state index contributed by atoms with van der Waals surface area (Å²) in [6.45, 7) is 0.373. The van der Waals surface area contributed by atoms with E-state index < -0.39 is 34.9 Å². The third-order valence-electron chi connectivity index (χ3n) is 6.29. The molecule has 1 aliphatic heterocycles. The highest BCUT2D eigenvalue weighted by Gasteiger charge is 2.40. The Morgan fingerprint density at radius 3 is 2.47 bits per heavy atom. The first kappa shape index (κ1) is 24.4. The van der Waals surface area contributed by atoms with Crippen LogP contribution in [0.4, 0.5) is 31.9 Å². The van der Waals surface area contributed by atoms with Gasteiger partial charge >= 0.3 is 0 Å². The SMILES string of the molecule is CN1C(=O)C(c2c(F)cccc2F)N(C)c2nc(Nc3ccc([S+]([O-])N(O)CC4CC4)cc3)ncc21. The minimum atomic E-state index is -1.68. The molecular weight excluding hydrogens is 490 g/mol. The lowest BCUT2D eigenvalue weighted by atomic mass is 10.0. The number of aromatic nitrogens is 2. The van der Waals surface area contributed by atoms with E-state index in [0.717, 1.165) is 29.4 Å². The summed E-state index contributed by atoms with van der Waals surface area (Å²) in [5.74, 6) is -1.25. The van der Waals surface area contributed by atoms with Gasteiger partial charge in [-0.25, -0.2) is 13.8 Å². The second kappa shape index (κ2) is 9.62. The molecule has 2 aliphatic rings. The van der Waals surface area contributed by atoms with Gasteiger partial charge in [0.15, 0.2) is 10.7 Å². The molecule has 12 heteroatoms. The molecule has 2 N–H and O–H groups in total. The molecule has 1 fully saturated rings. The van der Waals surface area contributed by atoms with Gasteiger partial charge in [-0.1, -0.05) is 6.07 Å². The summed E-state index contributed by atoms with van der Waals surface area (Å²) in [6, 6.07) is 8.84. The van der Waals surface area contributed by atoms with Crippen molar-refractivity contribution < 1.29 is 23.3 Å². The van der Waals surface area contributed by atoms with Gasteiger partial charge in [0, 0.05) is 24.3 Å². The number of carbonyl (C=O) groups is 1. The Labute approximate surface area is 209 Å². The van der Waals surface area contributed by atoms with Crippen molar-refractivity contribution in [2.75, 3.05) is 35.8 Å². The minimum Gasteiger partial charge on any atom is -0.591 e. The molecule has 0 spiro atoms. The fraction of sp³-hybridized carbons (Fsp3) is 0.292. The standard InChI is InChI=1S/C24H24F2N6O3S/c1-30-19-12-27-24(28-15-8-10-16(11-9-15)36(35)32(34)13-14-6-7-14)29-22(19)31(2)21(23(30)33)20-17(25)4-3-5-18(20)26/h3-5,8-12,14,21,34H,6-7,13H2,1-2H3,(H,27,28,29). The lowest BCUT2D eigenvalue weighted by Crippen LogP contribution is -2.46. The molecule has 5 rings (SSSR count). The van der Waals surface area contributed by atoms with Crippen LogP contribution in [0.2, 0.25) is 0 Å². The summed E-state index contributed by atoms with van der Waals surface area (Å²) in [5.41, 5.74) is 0.645. The Bertz CT molecular complexity index is 1270. The first-order chi connectivity index (χ1) is 17.2. The first-order valence-electron chi connectivity index (χ1n) is 11.3. The Morgan fingerprint density at radius 1 is 1.17 bits per heavy atom. The van der Waals surface area contributed by atoms with Gasteiger partial charge < -0.3 is 19.7 Å². The van der Waals surface area contributed by atoms with Crippen LogP contribution in [0, 0.1) is 17.6 Å². The van der Waals surface area contributed by atoms with E-state index in [1.807, 2.05) is 0 Å². The van der Waals surface area contributed by atoms with Gasteiger partial charge in [-0.05, 0) is 55.2 Å². The molecule has 9 nitrogen and oxygen atoms in total. The number of halogens is 2. The highest BCUT2D eigenvalue weighted by molar-refractivity contribution is 7.89. The third-order valence-corrected chi connectivity index (χ3v) is 7.49. The van der Waals surface area contributed by atoms with Crippen molar-refractivity contribution in [1.82, 2.24) is 14.4 Å². The zero-order chi connectivity index (χ0) is 25.6. The van der Waals surface area contributed by atoms with Crippen molar-refractivity contribution in [2.45, 2.75) is 23.8 Å². The first-order valence-corrected chi connectivity index (χ1v) is 12.4.